The number of ether oxygens (including phenoxy) is 1. The zero-order chi connectivity index (χ0) is 21.6. The van der Waals surface area contributed by atoms with Crippen molar-refractivity contribution in [2.45, 2.75) is 18.6 Å². The molecular formula is C24H33N5O2. The molecule has 7 nitrogen and oxygen atoms in total. The maximum Gasteiger partial charge on any atom is 0.247 e. The van der Waals surface area contributed by atoms with E-state index in [1.165, 1.54) is 0 Å². The third-order valence-electron chi connectivity index (χ3n) is 6.17. The van der Waals surface area contributed by atoms with E-state index in [0.29, 0.717) is 13.2 Å². The Morgan fingerprint density at radius 3 is 2.74 bits per heavy atom. The molecule has 3 heterocycles. The molecule has 0 radical (unpaired) electrons. The summed E-state index contributed by atoms with van der Waals surface area (Å²) in [6.07, 6.45) is 8.52. The van der Waals surface area contributed by atoms with Crippen molar-refractivity contribution in [1.29, 1.82) is 0 Å². The maximum atomic E-state index is 13.2. The van der Waals surface area contributed by atoms with E-state index in [0.717, 1.165) is 50.3 Å². The Kier molecular flexibility index (Phi) is 7.17. The van der Waals surface area contributed by atoms with Crippen molar-refractivity contribution in [2.24, 2.45) is 7.05 Å². The minimum Gasteiger partial charge on any atom is -0.373 e. The van der Waals surface area contributed by atoms with Crippen LogP contribution in [0.25, 0.3) is 6.08 Å². The molecule has 1 amide bonds. The van der Waals surface area contributed by atoms with E-state index in [1.807, 2.05) is 60.7 Å². The van der Waals surface area contributed by atoms with Gasteiger partial charge < -0.3 is 14.5 Å². The quantitative estimate of drug-likeness (QED) is 0.689. The molecule has 166 valence electrons. The number of morpholine rings is 1. The first kappa shape index (κ1) is 21.7. The number of carbonyl (C=O) groups excluding carboxylic acids is 1. The number of likely N-dealkylation sites (N-methyl/N-ethyl adjacent to an activating group) is 1. The van der Waals surface area contributed by atoms with Gasteiger partial charge in [0.2, 0.25) is 5.91 Å². The number of aromatic nitrogens is 2. The van der Waals surface area contributed by atoms with Gasteiger partial charge >= 0.3 is 0 Å². The Bertz CT molecular complexity index is 881. The molecule has 2 saturated heterocycles. The molecule has 0 bridgehead atoms. The van der Waals surface area contributed by atoms with E-state index in [1.54, 1.807) is 10.8 Å². The first-order chi connectivity index (χ1) is 15.1. The van der Waals surface area contributed by atoms with Crippen LogP contribution in [-0.2, 0) is 16.6 Å². The molecule has 0 N–H and O–H groups in total. The van der Waals surface area contributed by atoms with Crippen LogP contribution < -0.4 is 0 Å². The first-order valence-electron chi connectivity index (χ1n) is 11.1. The van der Waals surface area contributed by atoms with Gasteiger partial charge in [-0.3, -0.25) is 14.4 Å². The van der Waals surface area contributed by atoms with Crippen LogP contribution in [-0.4, -0.2) is 89.4 Å². The Hall–Kier alpha value is -2.48. The zero-order valence-electron chi connectivity index (χ0n) is 18.6. The summed E-state index contributed by atoms with van der Waals surface area (Å²) >= 11 is 0. The molecule has 0 spiro atoms. The summed E-state index contributed by atoms with van der Waals surface area (Å²) in [5, 5.41) is 4.37. The Labute approximate surface area is 184 Å². The number of hydrogen-bond acceptors (Lipinski definition) is 5. The van der Waals surface area contributed by atoms with E-state index in [-0.39, 0.29) is 18.1 Å². The number of hydrogen-bond donors (Lipinski definition) is 0. The van der Waals surface area contributed by atoms with Gasteiger partial charge in [-0.25, -0.2) is 0 Å². The van der Waals surface area contributed by atoms with Gasteiger partial charge in [0.1, 0.15) is 0 Å². The van der Waals surface area contributed by atoms with E-state index >= 15 is 0 Å². The fraction of sp³-hybridized carbons (Fsp3) is 0.500. The van der Waals surface area contributed by atoms with Crippen molar-refractivity contribution >= 4 is 12.0 Å². The van der Waals surface area contributed by atoms with Crippen LogP contribution in [0, 0.1) is 0 Å². The highest BCUT2D eigenvalue weighted by Crippen LogP contribution is 2.30. The summed E-state index contributed by atoms with van der Waals surface area (Å²) in [6, 6.07) is 9.79. The fourth-order valence-electron chi connectivity index (χ4n) is 4.49. The zero-order valence-corrected chi connectivity index (χ0v) is 18.6. The predicted molar refractivity (Wildman–Crippen MR) is 121 cm³/mol. The van der Waals surface area contributed by atoms with Gasteiger partial charge in [0.25, 0.3) is 0 Å². The lowest BCUT2D eigenvalue weighted by Gasteiger charge is -2.42. The second-order valence-electron chi connectivity index (χ2n) is 8.53. The monoisotopic (exact) mass is 423 g/mol. The molecule has 2 aliphatic rings. The van der Waals surface area contributed by atoms with Crippen LogP contribution in [0.3, 0.4) is 0 Å². The maximum absolute atomic E-state index is 13.2. The summed E-state index contributed by atoms with van der Waals surface area (Å²) in [5.41, 5.74) is 2.05. The minimum atomic E-state index is -0.142. The number of carbonyl (C=O) groups is 1. The topological polar surface area (TPSA) is 53.8 Å². The molecule has 0 aliphatic carbocycles. The lowest BCUT2D eigenvalue weighted by Crippen LogP contribution is -2.51. The van der Waals surface area contributed by atoms with Gasteiger partial charge in [-0.1, -0.05) is 30.3 Å². The molecule has 0 unspecified atom stereocenters. The highest BCUT2D eigenvalue weighted by Gasteiger charge is 2.37. The van der Waals surface area contributed by atoms with Crippen molar-refractivity contribution in [3.05, 3.63) is 59.9 Å². The Morgan fingerprint density at radius 2 is 1.97 bits per heavy atom. The van der Waals surface area contributed by atoms with Crippen molar-refractivity contribution < 1.29 is 9.53 Å². The van der Waals surface area contributed by atoms with Gasteiger partial charge in [-0.05, 0) is 38.2 Å². The smallest absolute Gasteiger partial charge is 0.247 e. The summed E-state index contributed by atoms with van der Waals surface area (Å²) in [7, 11) is 4.09. The number of benzene rings is 1. The first-order valence-corrected chi connectivity index (χ1v) is 11.1. The van der Waals surface area contributed by atoms with Crippen LogP contribution in [0.15, 0.2) is 48.8 Å². The molecule has 0 saturated carbocycles. The van der Waals surface area contributed by atoms with Crippen molar-refractivity contribution in [3.8, 4) is 0 Å². The van der Waals surface area contributed by atoms with Crippen LogP contribution in [0.2, 0.25) is 0 Å². The van der Waals surface area contributed by atoms with E-state index in [9.17, 15) is 4.79 Å². The van der Waals surface area contributed by atoms with Gasteiger partial charge in [0.15, 0.2) is 0 Å². The van der Waals surface area contributed by atoms with Crippen molar-refractivity contribution in [3.63, 3.8) is 0 Å². The Morgan fingerprint density at radius 1 is 1.13 bits per heavy atom. The van der Waals surface area contributed by atoms with E-state index in [2.05, 4.69) is 21.9 Å². The summed E-state index contributed by atoms with van der Waals surface area (Å²) in [5.74, 6) is 0.0154. The second-order valence-corrected chi connectivity index (χ2v) is 8.53. The normalized spacial score (nSPS) is 23.9. The molecular weight excluding hydrogens is 390 g/mol. The highest BCUT2D eigenvalue weighted by molar-refractivity contribution is 5.92. The number of aryl methyl sites for hydroxylation is 1. The molecule has 2 atom stereocenters. The third kappa shape index (κ3) is 5.61. The van der Waals surface area contributed by atoms with Gasteiger partial charge in [-0.2, -0.15) is 5.10 Å². The number of amides is 1. The van der Waals surface area contributed by atoms with E-state index in [4.69, 9.17) is 4.74 Å². The van der Waals surface area contributed by atoms with Gasteiger partial charge in [0.05, 0.1) is 24.9 Å². The summed E-state index contributed by atoms with van der Waals surface area (Å²) < 4.78 is 8.05. The summed E-state index contributed by atoms with van der Waals surface area (Å²) in [4.78, 5) is 20.0. The molecule has 2 fully saturated rings. The number of nitrogens with zero attached hydrogens (tertiary/aromatic N) is 5. The minimum absolute atomic E-state index is 0.0154. The van der Waals surface area contributed by atoms with Gasteiger partial charge in [0, 0.05) is 51.1 Å². The SMILES string of the molecule is CN1CCCN(C[C@@H]2OCCN(C(=O)/C=C/c3ccccc3)[C@H]2c2cnn(C)c2)CC1. The van der Waals surface area contributed by atoms with Crippen LogP contribution in [0.1, 0.15) is 23.6 Å². The molecule has 31 heavy (non-hydrogen) atoms. The largest absolute Gasteiger partial charge is 0.373 e. The fourth-order valence-corrected chi connectivity index (χ4v) is 4.49. The molecule has 1 aromatic carbocycles. The van der Waals surface area contributed by atoms with Crippen LogP contribution >= 0.6 is 0 Å². The average molecular weight is 424 g/mol. The average Bonchev–Trinajstić information content (AvgIpc) is 3.11. The third-order valence-corrected chi connectivity index (χ3v) is 6.17. The Balaban J connectivity index is 1.53. The second kappa shape index (κ2) is 10.2. The standard InChI is InChI=1S/C24H33N5O2/c1-26-11-6-12-28(14-13-26)19-22-24(21-17-25-27(2)18-21)29(15-16-31-22)23(30)10-9-20-7-4-3-5-8-20/h3-5,7-10,17-18,22,24H,6,11-16,19H2,1-2H3/b10-9+/t22-,24-/m0/s1. The van der Waals surface area contributed by atoms with Crippen molar-refractivity contribution in [1.82, 2.24) is 24.5 Å². The van der Waals surface area contributed by atoms with Crippen LogP contribution in [0.5, 0.6) is 0 Å². The molecule has 2 aromatic rings. The predicted octanol–water partition coefficient (Wildman–Crippen LogP) is 2.04. The summed E-state index contributed by atoms with van der Waals surface area (Å²) in [6.45, 7) is 6.23. The lowest BCUT2D eigenvalue weighted by molar-refractivity contribution is -0.143. The molecule has 2 aliphatic heterocycles. The number of rotatable bonds is 5. The van der Waals surface area contributed by atoms with Crippen molar-refractivity contribution in [2.75, 3.05) is 52.9 Å². The van der Waals surface area contributed by atoms with Crippen LogP contribution in [0.4, 0.5) is 0 Å². The molecule has 7 heteroatoms. The highest BCUT2D eigenvalue weighted by atomic mass is 16.5. The lowest BCUT2D eigenvalue weighted by atomic mass is 10.00. The molecule has 1 aromatic heterocycles. The van der Waals surface area contributed by atoms with E-state index < -0.39 is 0 Å². The van der Waals surface area contributed by atoms with Gasteiger partial charge in [-0.15, -0.1) is 0 Å². The molecule has 4 rings (SSSR count).